The second-order valence-corrected chi connectivity index (χ2v) is 1.37. The Bertz CT molecular complexity index is 152. The highest BCUT2D eigenvalue weighted by Gasteiger charge is 1.99. The van der Waals surface area contributed by atoms with Crippen molar-refractivity contribution in [2.75, 3.05) is 0 Å². The first-order chi connectivity index (χ1) is 3.72. The van der Waals surface area contributed by atoms with Gasteiger partial charge in [0.05, 0.1) is 5.57 Å². The molecule has 0 rings (SSSR count). The average molecular weight is 109 g/mol. The van der Waals surface area contributed by atoms with E-state index < -0.39 is 0 Å². The summed E-state index contributed by atoms with van der Waals surface area (Å²) in [6.45, 7) is 4.93. The number of hydrogen-bond donors (Lipinski definition) is 0. The highest BCUT2D eigenvalue weighted by Crippen LogP contribution is 1.92. The van der Waals surface area contributed by atoms with Crippen molar-refractivity contribution in [2.45, 2.75) is 13.3 Å². The largest absolute Gasteiger partial charge is 0.293 e. The first kappa shape index (κ1) is 6.90. The summed E-state index contributed by atoms with van der Waals surface area (Å²) in [7, 11) is 0. The van der Waals surface area contributed by atoms with E-state index in [1.165, 1.54) is 0 Å². The van der Waals surface area contributed by atoms with Crippen LogP contribution in [0.25, 0.3) is 0 Å². The number of allylic oxidation sites excluding steroid dienone is 1. The maximum atomic E-state index is 10.4. The molecule has 8 heavy (non-hydrogen) atoms. The first-order valence-corrected chi connectivity index (χ1v) is 2.34. The van der Waals surface area contributed by atoms with E-state index in [4.69, 9.17) is 5.26 Å². The lowest BCUT2D eigenvalue weighted by Gasteiger charge is -1.85. The van der Waals surface area contributed by atoms with Crippen LogP contribution in [0.5, 0.6) is 0 Å². The molecule has 0 bridgehead atoms. The normalized spacial score (nSPS) is 7.50. The monoisotopic (exact) mass is 109 g/mol. The fourth-order valence-electron chi connectivity index (χ4n) is 0.276. The molecule has 0 aromatic heterocycles. The smallest absolute Gasteiger partial charge is 0.172 e. The molecule has 0 radical (unpaired) electrons. The average Bonchev–Trinajstić information content (AvgIpc) is 1.84. The number of ketones is 1. The van der Waals surface area contributed by atoms with E-state index in [1.54, 1.807) is 13.0 Å². The molecule has 0 aromatic carbocycles. The minimum Gasteiger partial charge on any atom is -0.293 e. The third kappa shape index (κ3) is 1.57. The molecule has 2 nitrogen and oxygen atoms in total. The van der Waals surface area contributed by atoms with E-state index in [9.17, 15) is 4.79 Å². The Morgan fingerprint density at radius 2 is 2.38 bits per heavy atom. The lowest BCUT2D eigenvalue weighted by Crippen LogP contribution is -1.95. The van der Waals surface area contributed by atoms with Gasteiger partial charge in [-0.15, -0.1) is 0 Å². The van der Waals surface area contributed by atoms with Crippen LogP contribution in [0.15, 0.2) is 12.2 Å². The van der Waals surface area contributed by atoms with Gasteiger partial charge in [0.2, 0.25) is 0 Å². The number of nitrogens with zero attached hydrogens (tertiary/aromatic N) is 1. The van der Waals surface area contributed by atoms with Crippen LogP contribution in [0.1, 0.15) is 13.3 Å². The predicted molar refractivity (Wildman–Crippen MR) is 30.1 cm³/mol. The number of carbonyl (C=O) groups is 1. The molecule has 0 fully saturated rings. The molecule has 0 aliphatic heterocycles. The summed E-state index contributed by atoms with van der Waals surface area (Å²) in [5.41, 5.74) is 0.0486. The standard InChI is InChI=1S/C6H7NO/c1-3-6(8)5(2)4-7/h2-3H2,1H3. The SMILES string of the molecule is C=C(C#N)C(=O)CC. The van der Waals surface area contributed by atoms with E-state index >= 15 is 0 Å². The molecule has 2 heteroatoms. The zero-order chi connectivity index (χ0) is 6.57. The van der Waals surface area contributed by atoms with E-state index in [0.717, 1.165) is 0 Å². The molecular formula is C6H7NO. The van der Waals surface area contributed by atoms with Crippen molar-refractivity contribution >= 4 is 5.78 Å². The minimum absolute atomic E-state index is 0.0486. The number of nitriles is 1. The predicted octanol–water partition coefficient (Wildman–Crippen LogP) is 1.05. The molecule has 0 aromatic rings. The molecule has 0 heterocycles. The summed E-state index contributed by atoms with van der Waals surface area (Å²) in [5.74, 6) is -0.174. The molecule has 0 saturated heterocycles. The summed E-state index contributed by atoms with van der Waals surface area (Å²) < 4.78 is 0. The van der Waals surface area contributed by atoms with Gasteiger partial charge in [-0.05, 0) is 0 Å². The van der Waals surface area contributed by atoms with Crippen molar-refractivity contribution in [3.63, 3.8) is 0 Å². The van der Waals surface area contributed by atoms with Gasteiger partial charge in [0, 0.05) is 6.42 Å². The second kappa shape index (κ2) is 2.98. The van der Waals surface area contributed by atoms with Crippen molar-refractivity contribution in [2.24, 2.45) is 0 Å². The summed E-state index contributed by atoms with van der Waals surface area (Å²) in [6.07, 6.45) is 0.367. The van der Waals surface area contributed by atoms with Gasteiger partial charge in [-0.2, -0.15) is 5.26 Å². The number of hydrogen-bond acceptors (Lipinski definition) is 2. The molecule has 0 amide bonds. The minimum atomic E-state index is -0.174. The third-order valence-corrected chi connectivity index (χ3v) is 0.793. The van der Waals surface area contributed by atoms with Crippen LogP contribution in [0.4, 0.5) is 0 Å². The fraction of sp³-hybridized carbons (Fsp3) is 0.333. The molecule has 0 saturated carbocycles. The van der Waals surface area contributed by atoms with Crippen LogP contribution in [-0.4, -0.2) is 5.78 Å². The number of Topliss-reactive ketones (excluding diaryl/α,β-unsaturated/α-hetero) is 1. The van der Waals surface area contributed by atoms with Gasteiger partial charge in [-0.3, -0.25) is 4.79 Å². The number of rotatable bonds is 2. The van der Waals surface area contributed by atoms with E-state index in [-0.39, 0.29) is 11.4 Å². The summed E-state index contributed by atoms with van der Waals surface area (Å²) in [5, 5.41) is 8.07. The van der Waals surface area contributed by atoms with Crippen LogP contribution in [0.3, 0.4) is 0 Å². The van der Waals surface area contributed by atoms with Gasteiger partial charge < -0.3 is 0 Å². The Hall–Kier alpha value is -1.10. The van der Waals surface area contributed by atoms with Gasteiger partial charge >= 0.3 is 0 Å². The highest BCUT2D eigenvalue weighted by atomic mass is 16.1. The molecule has 0 aliphatic rings. The third-order valence-electron chi connectivity index (χ3n) is 0.793. The lowest BCUT2D eigenvalue weighted by molar-refractivity contribution is -0.114. The van der Waals surface area contributed by atoms with Crippen LogP contribution in [0.2, 0.25) is 0 Å². The zero-order valence-electron chi connectivity index (χ0n) is 4.77. The van der Waals surface area contributed by atoms with Crippen LogP contribution in [0, 0.1) is 11.3 Å². The number of carbonyl (C=O) groups excluding carboxylic acids is 1. The van der Waals surface area contributed by atoms with Gasteiger partial charge in [-0.25, -0.2) is 0 Å². The molecule has 0 N–H and O–H groups in total. The van der Waals surface area contributed by atoms with Gasteiger partial charge in [0.15, 0.2) is 5.78 Å². The Morgan fingerprint density at radius 1 is 1.88 bits per heavy atom. The Kier molecular flexibility index (Phi) is 2.57. The molecule has 42 valence electrons. The van der Waals surface area contributed by atoms with Crippen molar-refractivity contribution in [3.8, 4) is 6.07 Å². The Morgan fingerprint density at radius 3 is 2.50 bits per heavy atom. The van der Waals surface area contributed by atoms with Gasteiger partial charge in [-0.1, -0.05) is 13.5 Å². The van der Waals surface area contributed by atoms with Crippen LogP contribution >= 0.6 is 0 Å². The van der Waals surface area contributed by atoms with Crippen molar-refractivity contribution in [1.82, 2.24) is 0 Å². The molecule has 0 spiro atoms. The van der Waals surface area contributed by atoms with Gasteiger partial charge in [0.1, 0.15) is 6.07 Å². The summed E-state index contributed by atoms with van der Waals surface area (Å²) in [4.78, 5) is 10.4. The molecule has 0 atom stereocenters. The quantitative estimate of drug-likeness (QED) is 0.392. The van der Waals surface area contributed by atoms with Gasteiger partial charge in [0.25, 0.3) is 0 Å². The molecule has 0 aliphatic carbocycles. The topological polar surface area (TPSA) is 40.9 Å². The Labute approximate surface area is 48.4 Å². The van der Waals surface area contributed by atoms with Crippen LogP contribution < -0.4 is 0 Å². The molecular weight excluding hydrogens is 102 g/mol. The van der Waals surface area contributed by atoms with Crippen molar-refractivity contribution < 1.29 is 4.79 Å². The lowest BCUT2D eigenvalue weighted by atomic mass is 10.2. The van der Waals surface area contributed by atoms with Crippen molar-refractivity contribution in [1.29, 1.82) is 5.26 Å². The fourth-order valence-corrected chi connectivity index (χ4v) is 0.276. The summed E-state index contributed by atoms with van der Waals surface area (Å²) in [6, 6.07) is 1.67. The highest BCUT2D eigenvalue weighted by molar-refractivity contribution is 5.98. The second-order valence-electron chi connectivity index (χ2n) is 1.37. The maximum Gasteiger partial charge on any atom is 0.172 e. The van der Waals surface area contributed by atoms with E-state index in [2.05, 4.69) is 6.58 Å². The first-order valence-electron chi connectivity index (χ1n) is 2.34. The van der Waals surface area contributed by atoms with E-state index in [1.807, 2.05) is 0 Å². The summed E-state index contributed by atoms with van der Waals surface area (Å²) >= 11 is 0. The van der Waals surface area contributed by atoms with Crippen LogP contribution in [-0.2, 0) is 4.79 Å². The maximum absolute atomic E-state index is 10.4. The Balaban J connectivity index is 3.89. The molecule has 0 unspecified atom stereocenters. The van der Waals surface area contributed by atoms with Crippen molar-refractivity contribution in [3.05, 3.63) is 12.2 Å². The zero-order valence-corrected chi connectivity index (χ0v) is 4.77. The van der Waals surface area contributed by atoms with E-state index in [0.29, 0.717) is 6.42 Å².